The van der Waals surface area contributed by atoms with Crippen LogP contribution in [0.5, 0.6) is 0 Å². The second kappa shape index (κ2) is 6.05. The summed E-state index contributed by atoms with van der Waals surface area (Å²) in [5.41, 5.74) is 2.53. The molecule has 0 heterocycles. The third kappa shape index (κ3) is 4.36. The average Bonchev–Trinajstić information content (AvgIpc) is 2.16. The summed E-state index contributed by atoms with van der Waals surface area (Å²) in [6, 6.07) is 8.49. The van der Waals surface area contributed by atoms with E-state index in [1.807, 2.05) is 6.92 Å². The number of benzene rings is 1. The van der Waals surface area contributed by atoms with E-state index in [0.717, 1.165) is 6.42 Å². The zero-order valence-corrected chi connectivity index (χ0v) is 10.9. The van der Waals surface area contributed by atoms with Crippen LogP contribution in [-0.2, 0) is 11.2 Å². The third-order valence-corrected chi connectivity index (χ3v) is 2.81. The monoisotopic (exact) mass is 238 g/mol. The maximum absolute atomic E-state index is 10.8. The Hall–Kier alpha value is -0.820. The van der Waals surface area contributed by atoms with Crippen LogP contribution in [0, 0.1) is 5.92 Å². The van der Waals surface area contributed by atoms with Gasteiger partial charge in [-0.2, -0.15) is 0 Å². The van der Waals surface area contributed by atoms with Crippen molar-refractivity contribution in [2.24, 2.45) is 5.92 Å². The van der Waals surface area contributed by atoms with Gasteiger partial charge in [-0.05, 0) is 41.0 Å². The summed E-state index contributed by atoms with van der Waals surface area (Å²) in [5.74, 6) is 0.880. The van der Waals surface area contributed by atoms with Crippen LogP contribution in [0.25, 0.3) is 0 Å². The van der Waals surface area contributed by atoms with E-state index >= 15 is 0 Å². The average molecular weight is 239 g/mol. The molecule has 0 saturated carbocycles. The highest BCUT2D eigenvalue weighted by molar-refractivity contribution is 6.63. The molecule has 1 atom stereocenters. The molecule has 0 amide bonds. The normalized spacial score (nSPS) is 12.8. The van der Waals surface area contributed by atoms with Crippen molar-refractivity contribution in [3.05, 3.63) is 35.4 Å². The number of hydrogen-bond acceptors (Lipinski definition) is 1. The molecule has 1 rings (SSSR count). The van der Waals surface area contributed by atoms with Gasteiger partial charge in [-0.1, -0.05) is 45.0 Å². The predicted octanol–water partition coefficient (Wildman–Crippen LogP) is 4.14. The Morgan fingerprint density at radius 3 is 2.19 bits per heavy atom. The first kappa shape index (κ1) is 13.2. The maximum Gasteiger partial charge on any atom is 0.222 e. The van der Waals surface area contributed by atoms with E-state index in [1.165, 1.54) is 11.1 Å². The fourth-order valence-corrected chi connectivity index (χ4v) is 2.04. The molecule has 16 heavy (non-hydrogen) atoms. The summed E-state index contributed by atoms with van der Waals surface area (Å²) >= 11 is 5.38. The van der Waals surface area contributed by atoms with E-state index in [9.17, 15) is 4.79 Å². The molecule has 2 heteroatoms. The lowest BCUT2D eigenvalue weighted by Gasteiger charge is -2.11. The molecule has 1 aromatic rings. The van der Waals surface area contributed by atoms with Crippen LogP contribution in [-0.4, -0.2) is 5.24 Å². The fraction of sp³-hybridized carbons (Fsp3) is 0.500. The van der Waals surface area contributed by atoms with Gasteiger partial charge >= 0.3 is 0 Å². The van der Waals surface area contributed by atoms with Gasteiger partial charge in [0.1, 0.15) is 0 Å². The van der Waals surface area contributed by atoms with Crippen molar-refractivity contribution in [3.8, 4) is 0 Å². The van der Waals surface area contributed by atoms with Crippen molar-refractivity contribution in [3.63, 3.8) is 0 Å². The number of halogens is 1. The SMILES string of the molecule is CC(C)Cc1ccc(C(C)CC(=O)Cl)cc1. The van der Waals surface area contributed by atoms with Crippen LogP contribution in [0.3, 0.4) is 0 Å². The molecular weight excluding hydrogens is 220 g/mol. The van der Waals surface area contributed by atoms with E-state index in [1.54, 1.807) is 0 Å². The van der Waals surface area contributed by atoms with Crippen LogP contribution in [0.4, 0.5) is 0 Å². The third-order valence-electron chi connectivity index (χ3n) is 2.66. The molecule has 0 fully saturated rings. The number of carbonyl (C=O) groups excluding carboxylic acids is 1. The van der Waals surface area contributed by atoms with Gasteiger partial charge in [0.15, 0.2) is 0 Å². The van der Waals surface area contributed by atoms with E-state index < -0.39 is 0 Å². The lowest BCUT2D eigenvalue weighted by molar-refractivity contribution is -0.111. The zero-order chi connectivity index (χ0) is 12.1. The smallest absolute Gasteiger partial charge is 0.222 e. The minimum atomic E-state index is -0.265. The van der Waals surface area contributed by atoms with Gasteiger partial charge in [-0.3, -0.25) is 4.79 Å². The zero-order valence-electron chi connectivity index (χ0n) is 10.2. The van der Waals surface area contributed by atoms with Gasteiger partial charge in [-0.15, -0.1) is 0 Å². The molecule has 88 valence electrons. The molecule has 1 unspecified atom stereocenters. The van der Waals surface area contributed by atoms with E-state index in [4.69, 9.17) is 11.6 Å². The molecule has 0 bridgehead atoms. The second-order valence-corrected chi connectivity index (χ2v) is 5.22. The summed E-state index contributed by atoms with van der Waals surface area (Å²) in [7, 11) is 0. The highest BCUT2D eigenvalue weighted by Gasteiger charge is 2.09. The first-order valence-corrected chi connectivity index (χ1v) is 6.14. The maximum atomic E-state index is 10.8. The van der Waals surface area contributed by atoms with Gasteiger partial charge < -0.3 is 0 Å². The molecular formula is C14H19ClO. The van der Waals surface area contributed by atoms with Crippen LogP contribution in [0.2, 0.25) is 0 Å². The minimum Gasteiger partial charge on any atom is -0.281 e. The fourth-order valence-electron chi connectivity index (χ4n) is 1.81. The Labute approximate surface area is 103 Å². The quantitative estimate of drug-likeness (QED) is 0.705. The summed E-state index contributed by atoms with van der Waals surface area (Å²) in [6.45, 7) is 6.45. The largest absolute Gasteiger partial charge is 0.281 e. The first-order chi connectivity index (χ1) is 7.49. The predicted molar refractivity (Wildman–Crippen MR) is 68.9 cm³/mol. The van der Waals surface area contributed by atoms with Crippen molar-refractivity contribution in [2.75, 3.05) is 0 Å². The van der Waals surface area contributed by atoms with Crippen molar-refractivity contribution in [1.29, 1.82) is 0 Å². The summed E-state index contributed by atoms with van der Waals surface area (Å²) < 4.78 is 0. The van der Waals surface area contributed by atoms with Crippen LogP contribution in [0.1, 0.15) is 44.2 Å². The van der Waals surface area contributed by atoms with Crippen molar-refractivity contribution >= 4 is 16.8 Å². The minimum absolute atomic E-state index is 0.207. The Balaban J connectivity index is 2.66. The number of hydrogen-bond donors (Lipinski definition) is 0. The topological polar surface area (TPSA) is 17.1 Å². The summed E-state index contributed by atoms with van der Waals surface area (Å²) in [6.07, 6.45) is 1.51. The van der Waals surface area contributed by atoms with E-state index in [-0.39, 0.29) is 11.2 Å². The molecule has 0 aliphatic rings. The highest BCUT2D eigenvalue weighted by atomic mass is 35.5. The molecule has 0 aliphatic carbocycles. The molecule has 0 N–H and O–H groups in total. The first-order valence-electron chi connectivity index (χ1n) is 5.76. The van der Waals surface area contributed by atoms with Crippen molar-refractivity contribution < 1.29 is 4.79 Å². The lowest BCUT2D eigenvalue weighted by Crippen LogP contribution is -1.99. The second-order valence-electron chi connectivity index (χ2n) is 4.80. The van der Waals surface area contributed by atoms with E-state index in [0.29, 0.717) is 12.3 Å². The number of rotatable bonds is 5. The molecule has 1 aromatic carbocycles. The molecule has 0 spiro atoms. The van der Waals surface area contributed by atoms with Crippen LogP contribution >= 0.6 is 11.6 Å². The van der Waals surface area contributed by atoms with Gasteiger partial charge in [0.25, 0.3) is 0 Å². The number of carbonyl (C=O) groups is 1. The Kier molecular flexibility index (Phi) is 5.01. The van der Waals surface area contributed by atoms with Crippen molar-refractivity contribution in [1.82, 2.24) is 0 Å². The molecule has 0 aliphatic heterocycles. The Morgan fingerprint density at radius 1 is 1.19 bits per heavy atom. The highest BCUT2D eigenvalue weighted by Crippen LogP contribution is 2.21. The lowest BCUT2D eigenvalue weighted by atomic mass is 9.95. The van der Waals surface area contributed by atoms with Gasteiger partial charge in [0, 0.05) is 6.42 Å². The van der Waals surface area contributed by atoms with E-state index in [2.05, 4.69) is 38.1 Å². The molecule has 0 radical (unpaired) electrons. The molecule has 0 saturated heterocycles. The Morgan fingerprint density at radius 2 is 1.75 bits per heavy atom. The van der Waals surface area contributed by atoms with Crippen molar-refractivity contribution in [2.45, 2.75) is 39.5 Å². The summed E-state index contributed by atoms with van der Waals surface area (Å²) in [4.78, 5) is 10.8. The van der Waals surface area contributed by atoms with Crippen LogP contribution in [0.15, 0.2) is 24.3 Å². The van der Waals surface area contributed by atoms with Gasteiger partial charge in [0.2, 0.25) is 5.24 Å². The molecule has 0 aromatic heterocycles. The Bertz CT molecular complexity index is 340. The molecule has 1 nitrogen and oxygen atoms in total. The van der Waals surface area contributed by atoms with Gasteiger partial charge in [-0.25, -0.2) is 0 Å². The standard InChI is InChI=1S/C14H19ClO/c1-10(2)8-12-4-6-13(7-5-12)11(3)9-14(15)16/h4-7,10-11H,8-9H2,1-3H3. The summed E-state index contributed by atoms with van der Waals surface area (Å²) in [5, 5.41) is -0.265. The van der Waals surface area contributed by atoms with Crippen LogP contribution < -0.4 is 0 Å². The van der Waals surface area contributed by atoms with Gasteiger partial charge in [0.05, 0.1) is 0 Å².